The van der Waals surface area contributed by atoms with E-state index in [0.29, 0.717) is 23.2 Å². The molecule has 152 valence electrons. The molecule has 3 aromatic rings. The van der Waals surface area contributed by atoms with E-state index in [1.54, 1.807) is 26.8 Å². The number of carbonyl (C=O) groups is 1. The van der Waals surface area contributed by atoms with Crippen LogP contribution in [0, 0.1) is 0 Å². The van der Waals surface area contributed by atoms with E-state index in [1.165, 1.54) is 22.3 Å². The molecule has 2 aromatic carbocycles. The molecule has 0 spiro atoms. The molecule has 2 N–H and O–H groups in total. The number of nitrogens with one attached hydrogen (secondary N) is 1. The molecule has 1 heterocycles. The first kappa shape index (κ1) is 19.2. The molecule has 1 aliphatic rings. The molecule has 1 aliphatic carbocycles. The second kappa shape index (κ2) is 7.39. The highest BCUT2D eigenvalue weighted by Crippen LogP contribution is 2.33. The fraction of sp³-hybridized carbons (Fsp3) is 0.409. The fourth-order valence-corrected chi connectivity index (χ4v) is 3.93. The molecule has 29 heavy (non-hydrogen) atoms. The van der Waals surface area contributed by atoms with Gasteiger partial charge in [0.05, 0.1) is 0 Å². The third kappa shape index (κ3) is 4.04. The molecule has 0 radical (unpaired) electrons. The number of benzene rings is 2. The maximum atomic E-state index is 12.2. The fourth-order valence-electron chi connectivity index (χ4n) is 3.93. The van der Waals surface area contributed by atoms with Crippen molar-refractivity contribution in [1.29, 1.82) is 0 Å². The van der Waals surface area contributed by atoms with Crippen molar-refractivity contribution >= 4 is 17.1 Å². The van der Waals surface area contributed by atoms with Gasteiger partial charge in [-0.2, -0.15) is 0 Å². The maximum Gasteiger partial charge on any atom is 0.428 e. The minimum absolute atomic E-state index is 0.307. The molecule has 0 unspecified atom stereocenters. The first-order valence-electron chi connectivity index (χ1n) is 9.98. The lowest BCUT2D eigenvalue weighted by Gasteiger charge is -2.21. The summed E-state index contributed by atoms with van der Waals surface area (Å²) in [7, 11) is 0. The van der Waals surface area contributed by atoms with E-state index in [-0.39, 0.29) is 0 Å². The van der Waals surface area contributed by atoms with Gasteiger partial charge in [0.1, 0.15) is 22.4 Å². The van der Waals surface area contributed by atoms with Crippen molar-refractivity contribution in [2.75, 3.05) is 5.43 Å². The van der Waals surface area contributed by atoms with E-state index in [0.717, 1.165) is 30.4 Å². The molecule has 4 rings (SSSR count). The molecule has 0 aliphatic heterocycles. The highest BCUT2D eigenvalue weighted by atomic mass is 16.6. The Hall–Kier alpha value is -3.09. The predicted molar refractivity (Wildman–Crippen MR) is 111 cm³/mol. The van der Waals surface area contributed by atoms with Gasteiger partial charge in [0, 0.05) is 12.0 Å². The van der Waals surface area contributed by atoms with Crippen LogP contribution in [0.4, 0.5) is 4.79 Å². The number of hydrogen-bond donors (Lipinski definition) is 2. The van der Waals surface area contributed by atoms with Crippen molar-refractivity contribution in [3.8, 4) is 5.75 Å². The number of ether oxygens (including phenoxy) is 1. The molecule has 0 saturated heterocycles. The summed E-state index contributed by atoms with van der Waals surface area (Å²) in [5.41, 5.74) is 7.83. The predicted octanol–water partition coefficient (Wildman–Crippen LogP) is 4.09. The van der Waals surface area contributed by atoms with Crippen LogP contribution in [0.2, 0.25) is 0 Å². The van der Waals surface area contributed by atoms with Crippen molar-refractivity contribution in [1.82, 2.24) is 15.1 Å². The average molecular weight is 394 g/mol. The van der Waals surface area contributed by atoms with Gasteiger partial charge in [-0.1, -0.05) is 18.2 Å². The van der Waals surface area contributed by atoms with Gasteiger partial charge in [-0.05, 0) is 80.5 Å². The van der Waals surface area contributed by atoms with E-state index in [4.69, 9.17) is 4.74 Å². The largest absolute Gasteiger partial charge is 0.508 e. The van der Waals surface area contributed by atoms with Gasteiger partial charge < -0.3 is 9.84 Å². The summed E-state index contributed by atoms with van der Waals surface area (Å²) in [4.78, 5) is 13.6. The van der Waals surface area contributed by atoms with Crippen LogP contribution in [0.25, 0.3) is 11.0 Å². The zero-order valence-electron chi connectivity index (χ0n) is 17.0. The number of aryl methyl sites for hydroxylation is 1. The Balaban J connectivity index is 1.71. The number of phenolic OH excluding ortho intramolecular Hbond substituents is 1. The van der Waals surface area contributed by atoms with E-state index in [1.807, 2.05) is 24.3 Å². The normalized spacial score (nSPS) is 13.9. The number of fused-ring (bicyclic) bond motifs is 2. The average Bonchev–Trinajstić information content (AvgIpc) is 3.06. The van der Waals surface area contributed by atoms with Crippen LogP contribution in [0.1, 0.15) is 55.9 Å². The van der Waals surface area contributed by atoms with Crippen LogP contribution in [-0.2, 0) is 24.0 Å². The molecule has 0 atom stereocenters. The van der Waals surface area contributed by atoms with E-state index in [2.05, 4.69) is 15.7 Å². The highest BCUT2D eigenvalue weighted by Gasteiger charge is 2.21. The number of para-hydroxylation sites is 1. The molecule has 0 bridgehead atoms. The summed E-state index contributed by atoms with van der Waals surface area (Å²) >= 11 is 0. The van der Waals surface area contributed by atoms with Gasteiger partial charge in [0.15, 0.2) is 0 Å². The molecule has 1 amide bonds. The SMILES string of the molecule is CC(C)(C)OC(=O)Nn1nnc2cccc(Cc3c(O)ccc4c3CCCC4)c21. The molecule has 0 fully saturated rings. The van der Waals surface area contributed by atoms with Crippen LogP contribution in [0.3, 0.4) is 0 Å². The number of rotatable bonds is 3. The lowest BCUT2D eigenvalue weighted by Crippen LogP contribution is -2.32. The number of amides is 1. The number of aromatic hydroxyl groups is 1. The van der Waals surface area contributed by atoms with Gasteiger partial charge in [-0.15, -0.1) is 9.89 Å². The van der Waals surface area contributed by atoms with Crippen LogP contribution in [0.5, 0.6) is 5.75 Å². The number of hydrogen-bond acceptors (Lipinski definition) is 5. The Morgan fingerprint density at radius 2 is 2.00 bits per heavy atom. The maximum absolute atomic E-state index is 12.2. The zero-order valence-corrected chi connectivity index (χ0v) is 17.0. The summed E-state index contributed by atoms with van der Waals surface area (Å²) in [5.74, 6) is 0.307. The highest BCUT2D eigenvalue weighted by molar-refractivity contribution is 5.83. The second-order valence-electron chi connectivity index (χ2n) is 8.48. The first-order chi connectivity index (χ1) is 13.8. The van der Waals surface area contributed by atoms with Crippen LogP contribution in [0.15, 0.2) is 30.3 Å². The Labute approximate surface area is 169 Å². The van der Waals surface area contributed by atoms with Gasteiger partial charge in [0.2, 0.25) is 0 Å². The lowest BCUT2D eigenvalue weighted by molar-refractivity contribution is 0.0610. The van der Waals surface area contributed by atoms with Gasteiger partial charge in [0.25, 0.3) is 0 Å². The minimum atomic E-state index is -0.613. The van der Waals surface area contributed by atoms with E-state index >= 15 is 0 Å². The number of nitrogens with zero attached hydrogens (tertiary/aromatic N) is 3. The van der Waals surface area contributed by atoms with E-state index < -0.39 is 11.7 Å². The van der Waals surface area contributed by atoms with Crippen molar-refractivity contribution in [3.05, 3.63) is 52.6 Å². The minimum Gasteiger partial charge on any atom is -0.508 e. The molecule has 0 saturated carbocycles. The standard InChI is InChI=1S/C22H26N4O3/c1-22(2,3)29-21(28)24-26-20-15(8-6-10-18(20)23-25-26)13-17-16-9-5-4-7-14(16)11-12-19(17)27/h6,8,10-12,27H,4-5,7,9,13H2,1-3H3,(H,24,28). The Kier molecular flexibility index (Phi) is 4.90. The number of carbonyl (C=O) groups excluding carboxylic acids is 1. The number of aromatic nitrogens is 3. The summed E-state index contributed by atoms with van der Waals surface area (Å²) in [5, 5.41) is 18.8. The first-order valence-corrected chi connectivity index (χ1v) is 9.98. The van der Waals surface area contributed by atoms with E-state index in [9.17, 15) is 9.90 Å². The van der Waals surface area contributed by atoms with Crippen LogP contribution >= 0.6 is 0 Å². The van der Waals surface area contributed by atoms with Crippen molar-refractivity contribution in [2.45, 2.75) is 58.5 Å². The summed E-state index contributed by atoms with van der Waals surface area (Å²) in [6, 6.07) is 9.55. The Bertz CT molecular complexity index is 1070. The molecule has 7 heteroatoms. The smallest absolute Gasteiger partial charge is 0.428 e. The third-order valence-corrected chi connectivity index (χ3v) is 5.14. The quantitative estimate of drug-likeness (QED) is 0.699. The van der Waals surface area contributed by atoms with Crippen LogP contribution < -0.4 is 5.43 Å². The summed E-state index contributed by atoms with van der Waals surface area (Å²) in [6.07, 6.45) is 4.28. The van der Waals surface area contributed by atoms with Gasteiger partial charge in [-0.3, -0.25) is 0 Å². The Morgan fingerprint density at radius 3 is 2.79 bits per heavy atom. The molecular weight excluding hydrogens is 368 g/mol. The zero-order chi connectivity index (χ0) is 20.6. The van der Waals surface area contributed by atoms with Gasteiger partial charge in [-0.25, -0.2) is 10.2 Å². The monoisotopic (exact) mass is 394 g/mol. The van der Waals surface area contributed by atoms with Crippen molar-refractivity contribution in [2.24, 2.45) is 0 Å². The van der Waals surface area contributed by atoms with Crippen molar-refractivity contribution in [3.63, 3.8) is 0 Å². The van der Waals surface area contributed by atoms with Gasteiger partial charge >= 0.3 is 6.09 Å². The number of phenols is 1. The van der Waals surface area contributed by atoms with Crippen molar-refractivity contribution < 1.29 is 14.6 Å². The Morgan fingerprint density at radius 1 is 1.21 bits per heavy atom. The van der Waals surface area contributed by atoms with Crippen LogP contribution in [-0.4, -0.2) is 31.9 Å². The topological polar surface area (TPSA) is 89.3 Å². The lowest BCUT2D eigenvalue weighted by atomic mass is 9.85. The summed E-state index contributed by atoms with van der Waals surface area (Å²) in [6.45, 7) is 5.41. The second-order valence-corrected chi connectivity index (χ2v) is 8.48. The third-order valence-electron chi connectivity index (χ3n) is 5.14. The molecule has 7 nitrogen and oxygen atoms in total. The molecular formula is C22H26N4O3. The summed E-state index contributed by atoms with van der Waals surface area (Å²) < 4.78 is 5.33. The molecule has 1 aromatic heterocycles.